The van der Waals surface area contributed by atoms with E-state index in [0.29, 0.717) is 18.8 Å². The van der Waals surface area contributed by atoms with Crippen molar-refractivity contribution in [1.29, 1.82) is 0 Å². The third-order valence-electron chi connectivity index (χ3n) is 4.41. The van der Waals surface area contributed by atoms with Gasteiger partial charge in [0.05, 0.1) is 25.9 Å². The molecule has 0 aliphatic carbocycles. The number of aromatic nitrogens is 2. The van der Waals surface area contributed by atoms with Crippen molar-refractivity contribution >= 4 is 7.75 Å². The zero-order chi connectivity index (χ0) is 18.9. The molecule has 1 aromatic heterocycles. The molecule has 3 heterocycles. The molecule has 3 rings (SSSR count). The van der Waals surface area contributed by atoms with Crippen molar-refractivity contribution < 1.29 is 28.6 Å². The van der Waals surface area contributed by atoms with Gasteiger partial charge in [-0.2, -0.15) is 0 Å². The second kappa shape index (κ2) is 7.73. The van der Waals surface area contributed by atoms with Crippen LogP contribution in [-0.2, 0) is 18.6 Å². The first-order valence-electron chi connectivity index (χ1n) is 8.24. The minimum Gasteiger partial charge on any atom is -0.390 e. The molecule has 0 amide bonds. The Hall–Kier alpha value is -1.33. The summed E-state index contributed by atoms with van der Waals surface area (Å²) in [5.41, 5.74) is -0.813. The summed E-state index contributed by atoms with van der Waals surface area (Å²) in [6.07, 6.45) is -1.22. The molecule has 0 saturated carbocycles. The van der Waals surface area contributed by atoms with Gasteiger partial charge < -0.3 is 19.5 Å². The molecule has 1 aromatic rings. The zero-order valence-corrected chi connectivity index (χ0v) is 15.1. The molecule has 146 valence electrons. The van der Waals surface area contributed by atoms with Gasteiger partial charge in [-0.3, -0.25) is 18.9 Å². The van der Waals surface area contributed by atoms with Crippen LogP contribution in [0.3, 0.4) is 0 Å². The van der Waals surface area contributed by atoms with Crippen LogP contribution in [0.1, 0.15) is 18.2 Å². The fraction of sp³-hybridized carbons (Fsp3) is 0.714. The number of H-pyrrole nitrogens is 1. The Morgan fingerprint density at radius 1 is 1.38 bits per heavy atom. The van der Waals surface area contributed by atoms with E-state index in [9.17, 15) is 24.2 Å². The van der Waals surface area contributed by atoms with Gasteiger partial charge in [-0.1, -0.05) is 0 Å². The Labute approximate surface area is 148 Å². The molecule has 12 heteroatoms. The molecule has 0 radical (unpaired) electrons. The van der Waals surface area contributed by atoms with Gasteiger partial charge in [0.15, 0.2) is 0 Å². The molecule has 2 aliphatic heterocycles. The average Bonchev–Trinajstić information content (AvgIpc) is 2.98. The SMILES string of the molecule is Cc1cn(C2CC(O)C(COP(=O)(O)N3CCOCC3)O2)c(=O)[nH]c1=O. The van der Waals surface area contributed by atoms with Crippen molar-refractivity contribution in [2.45, 2.75) is 31.8 Å². The fourth-order valence-corrected chi connectivity index (χ4v) is 4.07. The van der Waals surface area contributed by atoms with Gasteiger partial charge in [0.2, 0.25) is 0 Å². The summed E-state index contributed by atoms with van der Waals surface area (Å²) in [6, 6.07) is 0. The van der Waals surface area contributed by atoms with Gasteiger partial charge in [-0.25, -0.2) is 14.0 Å². The number of hydrogen-bond donors (Lipinski definition) is 3. The minimum absolute atomic E-state index is 0.0900. The van der Waals surface area contributed by atoms with Crippen LogP contribution in [-0.4, -0.2) is 69.3 Å². The smallest absolute Gasteiger partial charge is 0.390 e. The zero-order valence-electron chi connectivity index (χ0n) is 14.2. The van der Waals surface area contributed by atoms with Crippen LogP contribution in [0.15, 0.2) is 15.8 Å². The summed E-state index contributed by atoms with van der Waals surface area (Å²) in [4.78, 5) is 35.6. The number of nitrogens with zero attached hydrogens (tertiary/aromatic N) is 2. The van der Waals surface area contributed by atoms with Crippen molar-refractivity contribution in [2.24, 2.45) is 0 Å². The maximum atomic E-state index is 12.3. The molecule has 3 N–H and O–H groups in total. The first kappa shape index (κ1) is 19.4. The minimum atomic E-state index is -4.02. The predicted octanol–water partition coefficient (Wildman–Crippen LogP) is -1.06. The Morgan fingerprint density at radius 3 is 2.77 bits per heavy atom. The summed E-state index contributed by atoms with van der Waals surface area (Å²) in [6.45, 7) is 2.47. The van der Waals surface area contributed by atoms with Crippen LogP contribution in [0.4, 0.5) is 0 Å². The van der Waals surface area contributed by atoms with Crippen LogP contribution in [0, 0.1) is 6.92 Å². The molecule has 0 bridgehead atoms. The standard InChI is InChI=1S/C14H22N3O8P/c1-9-7-17(14(20)15-13(9)19)12-6-10(18)11(25-12)8-24-26(21,22)16-2-4-23-5-3-16/h7,10-12,18H,2-6,8H2,1H3,(H,21,22)(H,15,19,20). The summed E-state index contributed by atoms with van der Waals surface area (Å²) in [5, 5.41) is 10.1. The molecular formula is C14H22N3O8P. The molecule has 4 unspecified atom stereocenters. The van der Waals surface area contributed by atoms with E-state index in [4.69, 9.17) is 14.0 Å². The number of aromatic amines is 1. The second-order valence-corrected chi connectivity index (χ2v) is 8.07. The van der Waals surface area contributed by atoms with Crippen molar-refractivity contribution in [2.75, 3.05) is 32.9 Å². The largest absolute Gasteiger partial charge is 0.405 e. The van der Waals surface area contributed by atoms with E-state index in [1.165, 1.54) is 15.4 Å². The Balaban J connectivity index is 1.64. The first-order chi connectivity index (χ1) is 12.3. The summed E-state index contributed by atoms with van der Waals surface area (Å²) < 4.78 is 30.6. The average molecular weight is 391 g/mol. The van der Waals surface area contributed by atoms with Gasteiger partial charge >= 0.3 is 13.4 Å². The van der Waals surface area contributed by atoms with E-state index in [2.05, 4.69) is 4.98 Å². The number of rotatable bonds is 5. The lowest BCUT2D eigenvalue weighted by Crippen LogP contribution is -2.35. The van der Waals surface area contributed by atoms with E-state index >= 15 is 0 Å². The lowest BCUT2D eigenvalue weighted by atomic mass is 10.2. The van der Waals surface area contributed by atoms with Crippen molar-refractivity contribution in [3.8, 4) is 0 Å². The predicted molar refractivity (Wildman–Crippen MR) is 88.8 cm³/mol. The van der Waals surface area contributed by atoms with Gasteiger partial charge in [-0.05, 0) is 6.92 Å². The van der Waals surface area contributed by atoms with Gasteiger partial charge in [0.1, 0.15) is 12.3 Å². The molecule has 0 aromatic carbocycles. The number of morpholine rings is 1. The fourth-order valence-electron chi connectivity index (χ4n) is 2.89. The second-order valence-electron chi connectivity index (χ2n) is 6.26. The van der Waals surface area contributed by atoms with Gasteiger partial charge in [-0.15, -0.1) is 0 Å². The summed E-state index contributed by atoms with van der Waals surface area (Å²) in [7, 11) is -4.02. The molecule has 2 fully saturated rings. The highest BCUT2D eigenvalue weighted by atomic mass is 31.2. The van der Waals surface area contributed by atoms with Crippen LogP contribution in [0.5, 0.6) is 0 Å². The quantitative estimate of drug-likeness (QED) is 0.535. The van der Waals surface area contributed by atoms with E-state index in [-0.39, 0.29) is 26.1 Å². The van der Waals surface area contributed by atoms with Crippen LogP contribution in [0.2, 0.25) is 0 Å². The number of ether oxygens (including phenoxy) is 2. The number of nitrogens with one attached hydrogen (secondary N) is 1. The van der Waals surface area contributed by atoms with Crippen molar-refractivity contribution in [3.05, 3.63) is 32.6 Å². The van der Waals surface area contributed by atoms with Crippen LogP contribution in [0.25, 0.3) is 0 Å². The Bertz CT molecular complexity index is 802. The molecule has 2 aliphatic rings. The lowest BCUT2D eigenvalue weighted by Gasteiger charge is -2.30. The van der Waals surface area contributed by atoms with E-state index in [1.54, 1.807) is 6.92 Å². The molecule has 0 spiro atoms. The molecule has 11 nitrogen and oxygen atoms in total. The van der Waals surface area contributed by atoms with E-state index in [1.807, 2.05) is 0 Å². The number of aliphatic hydroxyl groups excluding tert-OH is 1. The van der Waals surface area contributed by atoms with Gasteiger partial charge in [0, 0.05) is 31.3 Å². The third-order valence-corrected chi connectivity index (χ3v) is 6.01. The monoisotopic (exact) mass is 391 g/mol. The van der Waals surface area contributed by atoms with Crippen LogP contribution < -0.4 is 11.2 Å². The Morgan fingerprint density at radius 2 is 2.08 bits per heavy atom. The Kier molecular flexibility index (Phi) is 5.78. The third kappa shape index (κ3) is 4.15. The maximum Gasteiger partial charge on any atom is 0.405 e. The normalized spacial score (nSPS) is 29.6. The number of aryl methyl sites for hydroxylation is 1. The van der Waals surface area contributed by atoms with Crippen molar-refractivity contribution in [3.63, 3.8) is 0 Å². The maximum absolute atomic E-state index is 12.3. The molecular weight excluding hydrogens is 369 g/mol. The highest BCUT2D eigenvalue weighted by molar-refractivity contribution is 7.50. The summed E-state index contributed by atoms with van der Waals surface area (Å²) in [5.74, 6) is 0. The number of hydrogen-bond acceptors (Lipinski definition) is 7. The van der Waals surface area contributed by atoms with E-state index in [0.717, 1.165) is 0 Å². The first-order valence-corrected chi connectivity index (χ1v) is 9.77. The highest BCUT2D eigenvalue weighted by Crippen LogP contribution is 2.47. The molecule has 26 heavy (non-hydrogen) atoms. The van der Waals surface area contributed by atoms with Crippen LogP contribution >= 0.6 is 7.75 Å². The van der Waals surface area contributed by atoms with Crippen molar-refractivity contribution in [1.82, 2.24) is 14.2 Å². The van der Waals surface area contributed by atoms with E-state index < -0.39 is 37.4 Å². The topological polar surface area (TPSA) is 143 Å². The van der Waals surface area contributed by atoms with Gasteiger partial charge in [0.25, 0.3) is 5.56 Å². The lowest BCUT2D eigenvalue weighted by molar-refractivity contribution is -0.0456. The molecule has 4 atom stereocenters. The highest BCUT2D eigenvalue weighted by Gasteiger charge is 2.39. The number of aliphatic hydroxyl groups is 1. The summed E-state index contributed by atoms with van der Waals surface area (Å²) >= 11 is 0. The molecule has 2 saturated heterocycles.